The molecule has 0 saturated heterocycles. The van der Waals surface area contributed by atoms with Gasteiger partial charge in [0.25, 0.3) is 0 Å². The summed E-state index contributed by atoms with van der Waals surface area (Å²) in [5.41, 5.74) is -11.1. The highest BCUT2D eigenvalue weighted by molar-refractivity contribution is 5.87. The molecule has 166 valence electrons. The predicted molar refractivity (Wildman–Crippen MR) is 88.3 cm³/mol. The highest BCUT2D eigenvalue weighted by atomic mass is 19.4. The number of alkyl halides is 9. The molecule has 31 heavy (non-hydrogen) atoms. The molecule has 3 aromatic rings. The van der Waals surface area contributed by atoms with E-state index in [1.54, 1.807) is 30.3 Å². The number of ether oxygens (including phenoxy) is 1. The molecule has 0 aliphatic heterocycles. The lowest BCUT2D eigenvalue weighted by Gasteiger charge is -2.20. The second-order valence-electron chi connectivity index (χ2n) is 6.25. The minimum atomic E-state index is -5.94. The van der Waals surface area contributed by atoms with Crippen molar-refractivity contribution in [1.82, 2.24) is 0 Å². The van der Waals surface area contributed by atoms with Crippen molar-refractivity contribution in [2.45, 2.75) is 25.1 Å². The Kier molecular flexibility index (Phi) is 5.45. The SMILES string of the molecule is O=c1oc2cc(OCc3ccccc3)cc(C(F)(F)F)c2c(C(F)(F)F)c1C(F)(F)F. The Labute approximate surface area is 166 Å². The quantitative estimate of drug-likeness (QED) is 0.337. The van der Waals surface area contributed by atoms with Crippen LogP contribution in [-0.4, -0.2) is 0 Å². The minimum Gasteiger partial charge on any atom is -0.489 e. The van der Waals surface area contributed by atoms with E-state index in [1.165, 1.54) is 0 Å². The largest absolute Gasteiger partial charge is 0.489 e. The number of benzene rings is 2. The fourth-order valence-corrected chi connectivity index (χ4v) is 2.90. The van der Waals surface area contributed by atoms with Crippen molar-refractivity contribution in [3.63, 3.8) is 0 Å². The molecule has 0 N–H and O–H groups in total. The van der Waals surface area contributed by atoms with Crippen LogP contribution in [0.3, 0.4) is 0 Å². The zero-order valence-electron chi connectivity index (χ0n) is 14.9. The number of fused-ring (bicyclic) bond motifs is 1. The average Bonchev–Trinajstić information content (AvgIpc) is 2.62. The predicted octanol–water partition coefficient (Wildman–Crippen LogP) is 6.43. The Balaban J connectivity index is 2.32. The van der Waals surface area contributed by atoms with Crippen LogP contribution in [0, 0.1) is 0 Å². The zero-order valence-corrected chi connectivity index (χ0v) is 14.9. The molecule has 2 aromatic carbocycles. The van der Waals surface area contributed by atoms with Gasteiger partial charge in [-0.3, -0.25) is 0 Å². The summed E-state index contributed by atoms with van der Waals surface area (Å²) in [4.78, 5) is 11.7. The van der Waals surface area contributed by atoms with Crippen molar-refractivity contribution in [2.75, 3.05) is 0 Å². The lowest BCUT2D eigenvalue weighted by molar-refractivity contribution is -0.163. The smallest absolute Gasteiger partial charge is 0.424 e. The lowest BCUT2D eigenvalue weighted by atomic mass is 9.98. The first-order valence-corrected chi connectivity index (χ1v) is 8.22. The van der Waals surface area contributed by atoms with E-state index in [1.807, 2.05) is 0 Å². The van der Waals surface area contributed by atoms with E-state index in [-0.39, 0.29) is 12.7 Å². The van der Waals surface area contributed by atoms with E-state index in [0.717, 1.165) is 0 Å². The Bertz CT molecular complexity index is 1160. The minimum absolute atomic E-state index is 0.126. The molecule has 0 saturated carbocycles. The standard InChI is InChI=1S/C19H9F9O3/c20-17(21,22)11-6-10(30-8-9-4-2-1-3-5-9)7-12-13(11)14(18(23,24)25)15(16(29)31-12)19(26,27)28/h1-7H,8H2. The number of halogens is 9. The van der Waals surface area contributed by atoms with Gasteiger partial charge in [-0.05, 0) is 11.6 Å². The van der Waals surface area contributed by atoms with Gasteiger partial charge in [-0.25, -0.2) is 4.79 Å². The first-order chi connectivity index (χ1) is 14.2. The van der Waals surface area contributed by atoms with Gasteiger partial charge in [0.1, 0.15) is 17.9 Å². The molecule has 1 aromatic heterocycles. The summed E-state index contributed by atoms with van der Waals surface area (Å²) in [7, 11) is 0. The molecule has 0 spiro atoms. The summed E-state index contributed by atoms with van der Waals surface area (Å²) in [5.74, 6) is -0.653. The van der Waals surface area contributed by atoms with Crippen LogP contribution in [0.4, 0.5) is 39.5 Å². The monoisotopic (exact) mass is 456 g/mol. The van der Waals surface area contributed by atoms with E-state index in [0.29, 0.717) is 11.6 Å². The van der Waals surface area contributed by atoms with Crippen molar-refractivity contribution in [1.29, 1.82) is 0 Å². The maximum absolute atomic E-state index is 13.5. The molecular formula is C19H9F9O3. The summed E-state index contributed by atoms with van der Waals surface area (Å²) >= 11 is 0. The van der Waals surface area contributed by atoms with E-state index in [2.05, 4.69) is 4.42 Å². The second kappa shape index (κ2) is 7.50. The van der Waals surface area contributed by atoms with Crippen LogP contribution < -0.4 is 10.4 Å². The molecule has 0 fully saturated rings. The van der Waals surface area contributed by atoms with E-state index < -0.39 is 57.6 Å². The van der Waals surface area contributed by atoms with Crippen LogP contribution in [0.15, 0.2) is 51.7 Å². The van der Waals surface area contributed by atoms with Gasteiger partial charge in [0.15, 0.2) is 5.56 Å². The lowest BCUT2D eigenvalue weighted by Crippen LogP contribution is -2.27. The van der Waals surface area contributed by atoms with Crippen LogP contribution in [0.25, 0.3) is 11.0 Å². The van der Waals surface area contributed by atoms with Gasteiger partial charge < -0.3 is 9.15 Å². The molecule has 1 heterocycles. The van der Waals surface area contributed by atoms with Gasteiger partial charge in [-0.15, -0.1) is 0 Å². The molecular weight excluding hydrogens is 447 g/mol. The fourth-order valence-electron chi connectivity index (χ4n) is 2.90. The fraction of sp³-hybridized carbons (Fsp3) is 0.211. The highest BCUT2D eigenvalue weighted by Gasteiger charge is 2.50. The molecule has 3 nitrogen and oxygen atoms in total. The first kappa shape index (κ1) is 22.5. The van der Waals surface area contributed by atoms with Crippen molar-refractivity contribution in [3.05, 3.63) is 75.1 Å². The summed E-state index contributed by atoms with van der Waals surface area (Å²) in [5, 5.41) is -1.93. The topological polar surface area (TPSA) is 39.4 Å². The maximum atomic E-state index is 13.5. The molecule has 3 rings (SSSR count). The zero-order chi connectivity index (χ0) is 23.2. The molecule has 0 aliphatic carbocycles. The molecule has 0 unspecified atom stereocenters. The second-order valence-corrected chi connectivity index (χ2v) is 6.25. The van der Waals surface area contributed by atoms with Crippen LogP contribution in [0.2, 0.25) is 0 Å². The number of hydrogen-bond donors (Lipinski definition) is 0. The third-order valence-electron chi connectivity index (χ3n) is 4.10. The summed E-state index contributed by atoms with van der Waals surface area (Å²) < 4.78 is 130. The molecule has 12 heteroatoms. The Morgan fingerprint density at radius 2 is 1.35 bits per heavy atom. The number of rotatable bonds is 3. The van der Waals surface area contributed by atoms with E-state index in [4.69, 9.17) is 4.74 Å². The molecule has 0 aliphatic rings. The number of hydrogen-bond acceptors (Lipinski definition) is 3. The van der Waals surface area contributed by atoms with Crippen molar-refractivity contribution < 1.29 is 48.7 Å². The van der Waals surface area contributed by atoms with Crippen molar-refractivity contribution in [2.24, 2.45) is 0 Å². The van der Waals surface area contributed by atoms with Gasteiger partial charge in [0, 0.05) is 11.5 Å². The third-order valence-corrected chi connectivity index (χ3v) is 4.10. The molecule has 0 bridgehead atoms. The summed E-state index contributed by atoms with van der Waals surface area (Å²) in [6.45, 7) is -0.305. The van der Waals surface area contributed by atoms with Crippen LogP contribution in [0.1, 0.15) is 22.3 Å². The van der Waals surface area contributed by atoms with Gasteiger partial charge in [-0.1, -0.05) is 30.3 Å². The Morgan fingerprint density at radius 3 is 1.87 bits per heavy atom. The van der Waals surface area contributed by atoms with Gasteiger partial charge in [0.2, 0.25) is 0 Å². The summed E-state index contributed by atoms with van der Waals surface area (Å²) in [6.07, 6.45) is -17.4. The Morgan fingerprint density at radius 1 is 0.774 bits per heavy atom. The van der Waals surface area contributed by atoms with E-state index in [9.17, 15) is 44.3 Å². The molecule has 0 radical (unpaired) electrons. The highest BCUT2D eigenvalue weighted by Crippen LogP contribution is 2.47. The van der Waals surface area contributed by atoms with Crippen LogP contribution in [0.5, 0.6) is 5.75 Å². The van der Waals surface area contributed by atoms with Crippen LogP contribution >= 0.6 is 0 Å². The van der Waals surface area contributed by atoms with Gasteiger partial charge in [0.05, 0.1) is 11.1 Å². The van der Waals surface area contributed by atoms with Crippen molar-refractivity contribution in [3.8, 4) is 5.75 Å². The summed E-state index contributed by atoms with van der Waals surface area (Å²) in [6, 6.07) is 8.55. The van der Waals surface area contributed by atoms with E-state index >= 15 is 0 Å². The van der Waals surface area contributed by atoms with Gasteiger partial charge >= 0.3 is 24.2 Å². The Hall–Kier alpha value is -3.18. The van der Waals surface area contributed by atoms with Crippen LogP contribution in [-0.2, 0) is 25.1 Å². The third kappa shape index (κ3) is 4.62. The first-order valence-electron chi connectivity index (χ1n) is 8.22. The van der Waals surface area contributed by atoms with Crippen molar-refractivity contribution >= 4 is 11.0 Å². The normalized spacial score (nSPS) is 12.9. The molecule has 0 amide bonds. The maximum Gasteiger partial charge on any atom is 0.424 e. The average molecular weight is 456 g/mol. The van der Waals surface area contributed by atoms with Gasteiger partial charge in [-0.2, -0.15) is 39.5 Å². The molecule has 0 atom stereocenters.